The average Bonchev–Trinajstić information content (AvgIpc) is 2.86. The van der Waals surface area contributed by atoms with Crippen LogP contribution in [0.3, 0.4) is 0 Å². The first kappa shape index (κ1) is 29.5. The molecule has 2 aromatic carbocycles. The predicted octanol–water partition coefficient (Wildman–Crippen LogP) is 8.80. The predicted molar refractivity (Wildman–Crippen MR) is 157 cm³/mol. The maximum Gasteiger partial charge on any atom is 0.155 e. The summed E-state index contributed by atoms with van der Waals surface area (Å²) in [5, 5.41) is 3.65. The molecule has 0 saturated heterocycles. The Kier molecular flexibility index (Phi) is 14.0. The summed E-state index contributed by atoms with van der Waals surface area (Å²) < 4.78 is 12.2. The molecular formula is C31H37FIN. The van der Waals surface area contributed by atoms with Gasteiger partial charge in [-0.3, -0.25) is 0 Å². The normalized spacial score (nSPS) is 15.5. The molecule has 1 heterocycles. The van der Waals surface area contributed by atoms with Crippen LogP contribution in [0.2, 0.25) is 0 Å². The minimum absolute atomic E-state index is 0.252. The number of halogens is 2. The first-order chi connectivity index (χ1) is 16.5. The first-order valence-electron chi connectivity index (χ1n) is 11.8. The van der Waals surface area contributed by atoms with Gasteiger partial charge in [0, 0.05) is 23.2 Å². The van der Waals surface area contributed by atoms with Gasteiger partial charge in [0.15, 0.2) is 4.18 Å². The number of hydrogen-bond acceptors (Lipinski definition) is 1. The van der Waals surface area contributed by atoms with Gasteiger partial charge < -0.3 is 5.32 Å². The van der Waals surface area contributed by atoms with Crippen LogP contribution in [0, 0.1) is 11.8 Å². The molecule has 0 radical (unpaired) electrons. The van der Waals surface area contributed by atoms with Gasteiger partial charge in [-0.05, 0) is 95.5 Å². The van der Waals surface area contributed by atoms with Crippen molar-refractivity contribution in [2.75, 3.05) is 0 Å². The molecular weight excluding hydrogens is 532 g/mol. The van der Waals surface area contributed by atoms with Gasteiger partial charge in [-0.1, -0.05) is 69.0 Å². The van der Waals surface area contributed by atoms with E-state index in [1.165, 1.54) is 11.1 Å². The van der Waals surface area contributed by atoms with Gasteiger partial charge >= 0.3 is 0 Å². The molecule has 1 aliphatic rings. The molecule has 0 spiro atoms. The van der Waals surface area contributed by atoms with Crippen LogP contribution in [-0.2, 0) is 6.42 Å². The fourth-order valence-electron chi connectivity index (χ4n) is 3.65. The lowest BCUT2D eigenvalue weighted by Gasteiger charge is -2.27. The molecule has 2 unspecified atom stereocenters. The molecule has 0 saturated carbocycles. The summed E-state index contributed by atoms with van der Waals surface area (Å²) in [6.07, 6.45) is 8.03. The van der Waals surface area contributed by atoms with Gasteiger partial charge in [-0.15, -0.1) is 13.2 Å². The molecule has 0 bridgehead atoms. The largest absolute Gasteiger partial charge is 0.375 e. The highest BCUT2D eigenvalue weighted by Gasteiger charge is 2.18. The number of nitrogens with one attached hydrogen (secondary N) is 1. The maximum atomic E-state index is 13.1. The molecule has 2 atom stereocenters. The number of hydrogen-bond donors (Lipinski definition) is 1. The monoisotopic (exact) mass is 569 g/mol. The molecule has 0 aromatic heterocycles. The lowest BCUT2D eigenvalue weighted by atomic mass is 9.92. The second-order valence-electron chi connectivity index (χ2n) is 7.39. The van der Waals surface area contributed by atoms with Gasteiger partial charge in [0.2, 0.25) is 0 Å². The van der Waals surface area contributed by atoms with Crippen molar-refractivity contribution in [1.29, 1.82) is 0 Å². The Morgan fingerprint density at radius 1 is 1.03 bits per heavy atom. The van der Waals surface area contributed by atoms with E-state index in [0.717, 1.165) is 34.4 Å². The zero-order chi connectivity index (χ0) is 25.5. The number of dihydropyridines is 1. The minimum atomic E-state index is -0.854. The second kappa shape index (κ2) is 16.1. The lowest BCUT2D eigenvalue weighted by molar-refractivity contribution is 0.471. The minimum Gasteiger partial charge on any atom is -0.375 e. The zero-order valence-electron chi connectivity index (χ0n) is 21.1. The fourth-order valence-corrected chi connectivity index (χ4v) is 4.16. The van der Waals surface area contributed by atoms with Crippen LogP contribution in [0.1, 0.15) is 63.3 Å². The van der Waals surface area contributed by atoms with E-state index in [4.69, 9.17) is 0 Å². The van der Waals surface area contributed by atoms with E-state index in [2.05, 4.69) is 93.6 Å². The van der Waals surface area contributed by atoms with E-state index in [1.807, 2.05) is 38.1 Å². The van der Waals surface area contributed by atoms with Crippen molar-refractivity contribution in [2.24, 2.45) is 0 Å². The van der Waals surface area contributed by atoms with Crippen molar-refractivity contribution in [3.05, 3.63) is 113 Å². The summed E-state index contributed by atoms with van der Waals surface area (Å²) in [5.74, 6) is 6.41. The Morgan fingerprint density at radius 2 is 1.56 bits per heavy atom. The third kappa shape index (κ3) is 8.99. The van der Waals surface area contributed by atoms with Crippen LogP contribution >= 0.6 is 22.6 Å². The number of alkyl halides is 2. The molecule has 0 amide bonds. The second-order valence-corrected chi connectivity index (χ2v) is 8.74. The van der Waals surface area contributed by atoms with E-state index in [9.17, 15) is 4.39 Å². The van der Waals surface area contributed by atoms with Crippen molar-refractivity contribution in [3.63, 3.8) is 0 Å². The summed E-state index contributed by atoms with van der Waals surface area (Å²) in [4.78, 5) is 0. The Hall–Kier alpha value is -2.58. The van der Waals surface area contributed by atoms with Gasteiger partial charge in [0.05, 0.1) is 6.04 Å². The third-order valence-electron chi connectivity index (χ3n) is 5.21. The standard InChI is InChI=1S/C27H27FIN.C2H6.C2H4/c1-4-6-25-24(5-2)19(3)17-26(30-25)23-15-13-21(14-16-23)8-7-20-9-11-22(12-10-20)18-27(28)29;2*1-2/h4,6,9-17,25,27,30H,5,18H2,1-3H3;1-2H3;1-2H2/b6-4-;;. The van der Waals surface area contributed by atoms with Crippen molar-refractivity contribution >= 4 is 28.3 Å². The molecule has 2 aromatic rings. The van der Waals surface area contributed by atoms with Crippen LogP contribution < -0.4 is 5.32 Å². The first-order valence-corrected chi connectivity index (χ1v) is 13.0. The average molecular weight is 570 g/mol. The Bertz CT molecular complexity index is 1030. The zero-order valence-corrected chi connectivity index (χ0v) is 23.2. The molecule has 0 aliphatic carbocycles. The van der Waals surface area contributed by atoms with Gasteiger partial charge in [0.25, 0.3) is 0 Å². The van der Waals surface area contributed by atoms with Crippen molar-refractivity contribution in [3.8, 4) is 11.8 Å². The molecule has 0 fully saturated rings. The Balaban J connectivity index is 0.00000137. The van der Waals surface area contributed by atoms with E-state index in [1.54, 1.807) is 22.6 Å². The summed E-state index contributed by atoms with van der Waals surface area (Å²) in [5.41, 5.74) is 7.98. The summed E-state index contributed by atoms with van der Waals surface area (Å²) in [7, 11) is 0. The van der Waals surface area contributed by atoms with Crippen molar-refractivity contribution in [2.45, 2.75) is 57.7 Å². The highest BCUT2D eigenvalue weighted by molar-refractivity contribution is 14.1. The molecule has 1 N–H and O–H groups in total. The number of allylic oxidation sites excluding steroid dienone is 3. The summed E-state index contributed by atoms with van der Waals surface area (Å²) >= 11 is 1.80. The molecule has 1 nitrogen and oxygen atoms in total. The van der Waals surface area contributed by atoms with Gasteiger partial charge in [-0.2, -0.15) is 0 Å². The van der Waals surface area contributed by atoms with Crippen LogP contribution in [0.4, 0.5) is 4.39 Å². The Morgan fingerprint density at radius 3 is 2.03 bits per heavy atom. The molecule has 3 rings (SSSR count). The summed E-state index contributed by atoms with van der Waals surface area (Å²) in [6.45, 7) is 16.5. The topological polar surface area (TPSA) is 12.0 Å². The highest BCUT2D eigenvalue weighted by atomic mass is 127. The maximum absolute atomic E-state index is 13.1. The molecule has 1 aliphatic heterocycles. The van der Waals surface area contributed by atoms with Crippen LogP contribution in [0.25, 0.3) is 5.70 Å². The quantitative estimate of drug-likeness (QED) is 0.164. The Labute approximate surface area is 220 Å². The molecule has 3 heteroatoms. The van der Waals surface area contributed by atoms with E-state index < -0.39 is 4.18 Å². The summed E-state index contributed by atoms with van der Waals surface area (Å²) in [6, 6.07) is 16.4. The van der Waals surface area contributed by atoms with E-state index in [-0.39, 0.29) is 6.04 Å². The smallest absolute Gasteiger partial charge is 0.155 e. The highest BCUT2D eigenvalue weighted by Crippen LogP contribution is 2.26. The van der Waals surface area contributed by atoms with Crippen LogP contribution in [0.15, 0.2) is 91.1 Å². The lowest BCUT2D eigenvalue weighted by Crippen LogP contribution is -2.31. The van der Waals surface area contributed by atoms with E-state index in [0.29, 0.717) is 6.42 Å². The van der Waals surface area contributed by atoms with Gasteiger partial charge in [-0.25, -0.2) is 4.39 Å². The van der Waals surface area contributed by atoms with E-state index >= 15 is 0 Å². The van der Waals surface area contributed by atoms with Crippen molar-refractivity contribution in [1.82, 2.24) is 5.32 Å². The van der Waals surface area contributed by atoms with Crippen LogP contribution in [0.5, 0.6) is 0 Å². The third-order valence-corrected chi connectivity index (χ3v) is 5.65. The SMILES string of the molecule is C/C=C\C1NC(c2ccc(C#Cc3ccc(CC(F)I)cc3)cc2)=CC(C)=C1CC.C=C.CC. The number of benzene rings is 2. The van der Waals surface area contributed by atoms with Crippen molar-refractivity contribution < 1.29 is 4.39 Å². The molecule has 180 valence electrons. The molecule has 34 heavy (non-hydrogen) atoms. The van der Waals surface area contributed by atoms with Gasteiger partial charge in [0.1, 0.15) is 0 Å². The van der Waals surface area contributed by atoms with Crippen LogP contribution in [-0.4, -0.2) is 10.2 Å². The fraction of sp³-hybridized carbons (Fsp3) is 0.290. The number of rotatable bonds is 5.